The predicted octanol–water partition coefficient (Wildman–Crippen LogP) is 2.02. The number of hydrogen-bond acceptors (Lipinski definition) is 3. The summed E-state index contributed by atoms with van der Waals surface area (Å²) in [6.45, 7) is 0.378. The van der Waals surface area contributed by atoms with Crippen molar-refractivity contribution in [3.05, 3.63) is 70.8 Å². The fourth-order valence-electron chi connectivity index (χ4n) is 2.51. The van der Waals surface area contributed by atoms with Gasteiger partial charge in [-0.3, -0.25) is 14.5 Å². The zero-order chi connectivity index (χ0) is 14.8. The second-order valence-corrected chi connectivity index (χ2v) is 5.03. The summed E-state index contributed by atoms with van der Waals surface area (Å²) in [7, 11) is 0. The molecule has 21 heavy (non-hydrogen) atoms. The highest BCUT2D eigenvalue weighted by atomic mass is 16.3. The average molecular weight is 281 g/mol. The van der Waals surface area contributed by atoms with Crippen molar-refractivity contribution in [3.63, 3.8) is 0 Å². The molecule has 4 heteroatoms. The van der Waals surface area contributed by atoms with Crippen molar-refractivity contribution in [2.75, 3.05) is 6.61 Å². The van der Waals surface area contributed by atoms with Gasteiger partial charge in [-0.05, 0) is 29.7 Å². The molecule has 1 aliphatic rings. The van der Waals surface area contributed by atoms with Crippen LogP contribution in [-0.2, 0) is 13.0 Å². The normalized spacial score (nSPS) is 13.7. The largest absolute Gasteiger partial charge is 0.396 e. The summed E-state index contributed by atoms with van der Waals surface area (Å²) < 4.78 is 0. The van der Waals surface area contributed by atoms with Gasteiger partial charge in [0.2, 0.25) is 0 Å². The van der Waals surface area contributed by atoms with Gasteiger partial charge in [-0.15, -0.1) is 0 Å². The summed E-state index contributed by atoms with van der Waals surface area (Å²) in [6, 6.07) is 14.5. The van der Waals surface area contributed by atoms with Gasteiger partial charge < -0.3 is 5.11 Å². The SMILES string of the molecule is O=C1c2ccccc2C(=O)N1Cc1ccc(CCO)cc1. The third-order valence-electron chi connectivity index (χ3n) is 3.64. The van der Waals surface area contributed by atoms with Crippen molar-refractivity contribution in [1.29, 1.82) is 0 Å². The van der Waals surface area contributed by atoms with Crippen LogP contribution in [0.4, 0.5) is 0 Å². The predicted molar refractivity (Wildman–Crippen MR) is 77.9 cm³/mol. The lowest BCUT2D eigenvalue weighted by Gasteiger charge is -2.14. The Morgan fingerprint density at radius 1 is 0.810 bits per heavy atom. The molecule has 0 unspecified atom stereocenters. The molecule has 3 rings (SSSR count). The van der Waals surface area contributed by atoms with Gasteiger partial charge in [0.15, 0.2) is 0 Å². The Morgan fingerprint density at radius 3 is 1.86 bits per heavy atom. The van der Waals surface area contributed by atoms with Gasteiger partial charge in [0.05, 0.1) is 17.7 Å². The van der Waals surface area contributed by atoms with Crippen LogP contribution in [0.15, 0.2) is 48.5 Å². The smallest absolute Gasteiger partial charge is 0.261 e. The zero-order valence-corrected chi connectivity index (χ0v) is 11.5. The van der Waals surface area contributed by atoms with Gasteiger partial charge in [-0.2, -0.15) is 0 Å². The maximum absolute atomic E-state index is 12.3. The first-order valence-corrected chi connectivity index (χ1v) is 6.84. The van der Waals surface area contributed by atoms with Crippen LogP contribution < -0.4 is 0 Å². The van der Waals surface area contributed by atoms with E-state index in [-0.39, 0.29) is 25.0 Å². The third kappa shape index (κ3) is 2.45. The summed E-state index contributed by atoms with van der Waals surface area (Å²) in [5.74, 6) is -0.481. The highest BCUT2D eigenvalue weighted by Gasteiger charge is 2.34. The van der Waals surface area contributed by atoms with Crippen molar-refractivity contribution in [3.8, 4) is 0 Å². The Hall–Kier alpha value is -2.46. The number of imide groups is 1. The Kier molecular flexibility index (Phi) is 3.54. The van der Waals surface area contributed by atoms with Crippen LogP contribution in [0.2, 0.25) is 0 Å². The minimum absolute atomic E-state index is 0.109. The molecule has 0 atom stereocenters. The van der Waals surface area contributed by atoms with Crippen LogP contribution in [0.1, 0.15) is 31.8 Å². The van der Waals surface area contributed by atoms with E-state index in [9.17, 15) is 9.59 Å². The minimum Gasteiger partial charge on any atom is -0.396 e. The van der Waals surface area contributed by atoms with E-state index in [1.54, 1.807) is 24.3 Å². The first-order valence-electron chi connectivity index (χ1n) is 6.84. The lowest BCUT2D eigenvalue weighted by atomic mass is 10.1. The maximum atomic E-state index is 12.3. The van der Waals surface area contributed by atoms with Gasteiger partial charge in [-0.25, -0.2) is 0 Å². The van der Waals surface area contributed by atoms with Gasteiger partial charge in [0, 0.05) is 6.61 Å². The highest BCUT2D eigenvalue weighted by molar-refractivity contribution is 6.21. The van der Waals surface area contributed by atoms with E-state index in [0.717, 1.165) is 11.1 Å². The monoisotopic (exact) mass is 281 g/mol. The molecule has 0 aromatic heterocycles. The summed E-state index contributed by atoms with van der Waals surface area (Å²) in [5.41, 5.74) is 2.87. The molecule has 2 aromatic carbocycles. The summed E-state index contributed by atoms with van der Waals surface area (Å²) in [6.07, 6.45) is 0.604. The van der Waals surface area contributed by atoms with E-state index < -0.39 is 0 Å². The molecule has 0 fully saturated rings. The Balaban J connectivity index is 1.80. The van der Waals surface area contributed by atoms with Crippen LogP contribution in [0, 0.1) is 0 Å². The number of hydrogen-bond donors (Lipinski definition) is 1. The van der Waals surface area contributed by atoms with E-state index in [4.69, 9.17) is 5.11 Å². The van der Waals surface area contributed by atoms with Gasteiger partial charge in [-0.1, -0.05) is 36.4 Å². The quantitative estimate of drug-likeness (QED) is 0.872. The summed E-state index contributed by atoms with van der Waals surface area (Å²) >= 11 is 0. The standard InChI is InChI=1S/C17H15NO3/c19-10-9-12-5-7-13(8-6-12)11-18-16(20)14-3-1-2-4-15(14)17(18)21/h1-8,19H,9-11H2. The van der Waals surface area contributed by atoms with E-state index in [0.29, 0.717) is 17.5 Å². The lowest BCUT2D eigenvalue weighted by molar-refractivity contribution is 0.0642. The van der Waals surface area contributed by atoms with E-state index in [1.165, 1.54) is 4.90 Å². The molecule has 2 amide bonds. The second kappa shape index (κ2) is 5.50. The van der Waals surface area contributed by atoms with Crippen LogP contribution in [0.5, 0.6) is 0 Å². The van der Waals surface area contributed by atoms with Crippen molar-refractivity contribution >= 4 is 11.8 Å². The number of aliphatic hydroxyl groups is 1. The van der Waals surface area contributed by atoms with Crippen LogP contribution >= 0.6 is 0 Å². The number of carbonyl (C=O) groups excluding carboxylic acids is 2. The van der Waals surface area contributed by atoms with E-state index in [2.05, 4.69) is 0 Å². The van der Waals surface area contributed by atoms with Gasteiger partial charge >= 0.3 is 0 Å². The number of fused-ring (bicyclic) bond motifs is 1. The number of nitrogens with zero attached hydrogens (tertiary/aromatic N) is 1. The minimum atomic E-state index is -0.241. The molecular weight excluding hydrogens is 266 g/mol. The average Bonchev–Trinajstić information content (AvgIpc) is 2.75. The Morgan fingerprint density at radius 2 is 1.33 bits per heavy atom. The number of aliphatic hydroxyl groups excluding tert-OH is 1. The van der Waals surface area contributed by atoms with Crippen LogP contribution in [0.25, 0.3) is 0 Å². The molecule has 0 radical (unpaired) electrons. The third-order valence-corrected chi connectivity index (χ3v) is 3.64. The number of benzene rings is 2. The Labute approximate surface area is 122 Å². The van der Waals surface area contributed by atoms with E-state index in [1.807, 2.05) is 24.3 Å². The number of rotatable bonds is 4. The van der Waals surface area contributed by atoms with Gasteiger partial charge in [0.25, 0.3) is 11.8 Å². The molecule has 2 aromatic rings. The molecule has 0 spiro atoms. The van der Waals surface area contributed by atoms with Crippen molar-refractivity contribution in [2.24, 2.45) is 0 Å². The first-order chi connectivity index (χ1) is 10.2. The van der Waals surface area contributed by atoms with Crippen LogP contribution in [-0.4, -0.2) is 28.4 Å². The molecule has 4 nitrogen and oxygen atoms in total. The van der Waals surface area contributed by atoms with Crippen LogP contribution in [0.3, 0.4) is 0 Å². The Bertz CT molecular complexity index is 656. The molecule has 0 aliphatic carbocycles. The second-order valence-electron chi connectivity index (χ2n) is 5.03. The lowest BCUT2D eigenvalue weighted by Crippen LogP contribution is -2.29. The summed E-state index contributed by atoms with van der Waals surface area (Å²) in [5, 5.41) is 8.89. The van der Waals surface area contributed by atoms with Crippen molar-refractivity contribution < 1.29 is 14.7 Å². The molecular formula is C17H15NO3. The molecule has 1 N–H and O–H groups in total. The molecule has 0 saturated carbocycles. The van der Waals surface area contributed by atoms with Crippen molar-refractivity contribution in [2.45, 2.75) is 13.0 Å². The van der Waals surface area contributed by atoms with Gasteiger partial charge in [0.1, 0.15) is 0 Å². The molecule has 0 saturated heterocycles. The molecule has 106 valence electrons. The molecule has 0 bridgehead atoms. The van der Waals surface area contributed by atoms with Crippen molar-refractivity contribution in [1.82, 2.24) is 4.90 Å². The van der Waals surface area contributed by atoms with E-state index >= 15 is 0 Å². The maximum Gasteiger partial charge on any atom is 0.261 e. The summed E-state index contributed by atoms with van der Waals surface area (Å²) in [4.78, 5) is 25.8. The highest BCUT2D eigenvalue weighted by Crippen LogP contribution is 2.24. The fourth-order valence-corrected chi connectivity index (χ4v) is 2.51. The molecule has 1 aliphatic heterocycles. The number of carbonyl (C=O) groups is 2. The molecule has 1 heterocycles. The zero-order valence-electron chi connectivity index (χ0n) is 11.5. The number of amides is 2. The first kappa shape index (κ1) is 13.5. The fraction of sp³-hybridized carbons (Fsp3) is 0.176. The topological polar surface area (TPSA) is 57.6 Å².